The van der Waals surface area contributed by atoms with Gasteiger partial charge in [-0.05, 0) is 19.8 Å². The third-order valence-corrected chi connectivity index (χ3v) is 7.50. The van der Waals surface area contributed by atoms with Crippen LogP contribution in [0.25, 0.3) is 0 Å². The molecule has 7 nitrogen and oxygen atoms in total. The fourth-order valence-corrected chi connectivity index (χ4v) is 5.42. The normalized spacial score (nSPS) is 21.4. The molecule has 1 aromatic heterocycles. The number of methoxy groups -OCH3 is 1. The van der Waals surface area contributed by atoms with Gasteiger partial charge >= 0.3 is 0 Å². The highest BCUT2D eigenvalue weighted by Gasteiger charge is 2.34. The first-order valence-corrected chi connectivity index (χ1v) is 12.1. The van der Waals surface area contributed by atoms with Crippen LogP contribution < -0.4 is 5.32 Å². The number of aliphatic imine (C=N–C) groups is 1. The first-order chi connectivity index (χ1) is 14.5. The van der Waals surface area contributed by atoms with E-state index in [2.05, 4.69) is 32.5 Å². The molecule has 0 spiro atoms. The van der Waals surface area contributed by atoms with Gasteiger partial charge in [-0.2, -0.15) is 0 Å². The average molecular weight is 438 g/mol. The Morgan fingerprint density at radius 1 is 1.37 bits per heavy atom. The summed E-state index contributed by atoms with van der Waals surface area (Å²) < 4.78 is 10.9. The molecular formula is C22H39N5O2S. The molecule has 1 unspecified atom stereocenters. The first-order valence-electron chi connectivity index (χ1n) is 11.2. The van der Waals surface area contributed by atoms with Gasteiger partial charge in [-0.1, -0.05) is 19.3 Å². The lowest BCUT2D eigenvalue weighted by molar-refractivity contribution is 0.00809. The summed E-state index contributed by atoms with van der Waals surface area (Å²) in [6.45, 7) is 8.76. The Labute approximate surface area is 185 Å². The Bertz CT molecular complexity index is 668. The number of morpholine rings is 1. The molecule has 1 saturated heterocycles. The second-order valence-electron chi connectivity index (χ2n) is 8.76. The summed E-state index contributed by atoms with van der Waals surface area (Å²) in [7, 11) is 5.68. The van der Waals surface area contributed by atoms with Gasteiger partial charge in [0.25, 0.3) is 0 Å². The standard InChI is InChI=1S/C22H39N5O2S/c1-18(28-4)20-25-19(15-30-20)14-26(3)21(23-2)24-16-22(8-6-5-7-9-22)17-27-10-12-29-13-11-27/h15,18H,5-14,16-17H2,1-4H3,(H,23,24). The minimum atomic E-state index is 0.0397. The van der Waals surface area contributed by atoms with E-state index < -0.39 is 0 Å². The summed E-state index contributed by atoms with van der Waals surface area (Å²) in [5.74, 6) is 0.941. The Hall–Kier alpha value is -1.22. The van der Waals surface area contributed by atoms with Crippen molar-refractivity contribution < 1.29 is 9.47 Å². The highest BCUT2D eigenvalue weighted by molar-refractivity contribution is 7.09. The molecule has 2 fully saturated rings. The number of nitrogens with zero attached hydrogens (tertiary/aromatic N) is 4. The molecule has 2 aliphatic rings. The lowest BCUT2D eigenvalue weighted by Crippen LogP contribution is -2.51. The molecule has 30 heavy (non-hydrogen) atoms. The van der Waals surface area contributed by atoms with E-state index in [0.29, 0.717) is 5.41 Å². The second kappa shape index (κ2) is 11.4. The van der Waals surface area contributed by atoms with Crippen LogP contribution in [0.15, 0.2) is 10.4 Å². The first kappa shape index (κ1) is 23.4. The molecular weight excluding hydrogens is 398 g/mol. The van der Waals surface area contributed by atoms with E-state index >= 15 is 0 Å². The van der Waals surface area contributed by atoms with E-state index in [4.69, 9.17) is 14.5 Å². The van der Waals surface area contributed by atoms with Crippen molar-refractivity contribution in [3.8, 4) is 0 Å². The van der Waals surface area contributed by atoms with Crippen molar-refractivity contribution in [3.63, 3.8) is 0 Å². The Morgan fingerprint density at radius 3 is 2.77 bits per heavy atom. The molecule has 0 amide bonds. The quantitative estimate of drug-likeness (QED) is 0.498. The molecule has 8 heteroatoms. The minimum Gasteiger partial charge on any atom is -0.379 e. The highest BCUT2D eigenvalue weighted by atomic mass is 32.1. The third kappa shape index (κ3) is 6.39. The number of ether oxygens (including phenoxy) is 2. The molecule has 2 heterocycles. The molecule has 170 valence electrons. The fraction of sp³-hybridized carbons (Fsp3) is 0.818. The third-order valence-electron chi connectivity index (χ3n) is 6.44. The lowest BCUT2D eigenvalue weighted by atomic mass is 9.73. The van der Waals surface area contributed by atoms with E-state index in [1.54, 1.807) is 18.4 Å². The summed E-state index contributed by atoms with van der Waals surface area (Å²) in [5.41, 5.74) is 1.39. The van der Waals surface area contributed by atoms with Crippen molar-refractivity contribution in [3.05, 3.63) is 16.1 Å². The number of hydrogen-bond donors (Lipinski definition) is 1. The van der Waals surface area contributed by atoms with Gasteiger partial charge in [0.1, 0.15) is 11.1 Å². The molecule has 0 aromatic carbocycles. The van der Waals surface area contributed by atoms with Gasteiger partial charge in [-0.3, -0.25) is 9.89 Å². The maximum Gasteiger partial charge on any atom is 0.193 e. The van der Waals surface area contributed by atoms with Crippen LogP contribution in [0.5, 0.6) is 0 Å². The van der Waals surface area contributed by atoms with Gasteiger partial charge in [-0.25, -0.2) is 4.98 Å². The molecule has 1 aromatic rings. The van der Waals surface area contributed by atoms with Crippen LogP contribution in [0.2, 0.25) is 0 Å². The summed E-state index contributed by atoms with van der Waals surface area (Å²) in [6.07, 6.45) is 6.66. The van der Waals surface area contributed by atoms with Crippen LogP contribution in [0.4, 0.5) is 0 Å². The monoisotopic (exact) mass is 437 g/mol. The molecule has 0 radical (unpaired) electrons. The number of rotatable bonds is 8. The van der Waals surface area contributed by atoms with Gasteiger partial charge in [0.05, 0.1) is 25.5 Å². The summed E-state index contributed by atoms with van der Waals surface area (Å²) in [5, 5.41) is 6.84. The summed E-state index contributed by atoms with van der Waals surface area (Å²) >= 11 is 1.66. The number of aromatic nitrogens is 1. The average Bonchev–Trinajstić information content (AvgIpc) is 3.23. The predicted molar refractivity (Wildman–Crippen MR) is 123 cm³/mol. The maximum atomic E-state index is 5.55. The Morgan fingerprint density at radius 2 is 2.10 bits per heavy atom. The molecule has 1 N–H and O–H groups in total. The van der Waals surface area contributed by atoms with Crippen LogP contribution in [0.1, 0.15) is 55.8 Å². The molecule has 1 aliphatic heterocycles. The fourth-order valence-electron chi connectivity index (χ4n) is 4.58. The molecule has 1 atom stereocenters. The van der Waals surface area contributed by atoms with E-state index in [9.17, 15) is 0 Å². The van der Waals surface area contributed by atoms with Crippen molar-refractivity contribution in [2.45, 2.75) is 51.7 Å². The van der Waals surface area contributed by atoms with Crippen molar-refractivity contribution in [1.82, 2.24) is 20.1 Å². The second-order valence-corrected chi connectivity index (χ2v) is 9.65. The van der Waals surface area contributed by atoms with Crippen molar-refractivity contribution in [2.24, 2.45) is 10.4 Å². The molecule has 3 rings (SSSR count). The van der Waals surface area contributed by atoms with Gasteiger partial charge < -0.3 is 19.7 Å². The van der Waals surface area contributed by atoms with Gasteiger partial charge in [0.2, 0.25) is 0 Å². The van der Waals surface area contributed by atoms with Crippen LogP contribution in [0.3, 0.4) is 0 Å². The zero-order chi connectivity index (χ0) is 21.4. The van der Waals surface area contributed by atoms with Gasteiger partial charge in [0.15, 0.2) is 5.96 Å². The van der Waals surface area contributed by atoms with Crippen LogP contribution >= 0.6 is 11.3 Å². The maximum absolute atomic E-state index is 5.55. The zero-order valence-corrected chi connectivity index (χ0v) is 20.0. The van der Waals surface area contributed by atoms with Gasteiger partial charge in [0, 0.05) is 58.2 Å². The summed E-state index contributed by atoms with van der Waals surface area (Å²) in [4.78, 5) is 14.0. The summed E-state index contributed by atoms with van der Waals surface area (Å²) in [6, 6.07) is 0. The molecule has 0 bridgehead atoms. The Kier molecular flexibility index (Phi) is 8.92. The zero-order valence-electron chi connectivity index (χ0n) is 19.2. The minimum absolute atomic E-state index is 0.0397. The number of guanidine groups is 1. The van der Waals surface area contributed by atoms with Crippen molar-refractivity contribution in [2.75, 3.05) is 60.6 Å². The lowest BCUT2D eigenvalue weighted by Gasteiger charge is -2.43. The van der Waals surface area contributed by atoms with E-state index in [1.165, 1.54) is 32.1 Å². The largest absolute Gasteiger partial charge is 0.379 e. The number of hydrogen-bond acceptors (Lipinski definition) is 6. The van der Waals surface area contributed by atoms with E-state index in [-0.39, 0.29) is 6.10 Å². The topological polar surface area (TPSA) is 62.2 Å². The Balaban J connectivity index is 1.58. The van der Waals surface area contributed by atoms with Gasteiger partial charge in [-0.15, -0.1) is 11.3 Å². The SMILES string of the molecule is CN=C(NCC1(CN2CCOCC2)CCCCC1)N(C)Cc1csc(C(C)OC)n1. The van der Waals surface area contributed by atoms with Crippen molar-refractivity contribution >= 4 is 17.3 Å². The number of thiazole rings is 1. The molecule has 1 saturated carbocycles. The van der Waals surface area contributed by atoms with Crippen LogP contribution in [0, 0.1) is 5.41 Å². The van der Waals surface area contributed by atoms with Crippen molar-refractivity contribution in [1.29, 1.82) is 0 Å². The van der Waals surface area contributed by atoms with E-state index in [1.807, 2.05) is 14.0 Å². The highest BCUT2D eigenvalue weighted by Crippen LogP contribution is 2.37. The van der Waals surface area contributed by atoms with E-state index in [0.717, 1.165) is 62.6 Å². The van der Waals surface area contributed by atoms with Crippen LogP contribution in [-0.4, -0.2) is 81.3 Å². The predicted octanol–water partition coefficient (Wildman–Crippen LogP) is 3.14. The smallest absolute Gasteiger partial charge is 0.193 e. The number of nitrogens with one attached hydrogen (secondary N) is 1. The van der Waals surface area contributed by atoms with Crippen LogP contribution in [-0.2, 0) is 16.0 Å². The molecule has 1 aliphatic carbocycles.